The van der Waals surface area contributed by atoms with Gasteiger partial charge in [0.2, 0.25) is 0 Å². The second-order valence-corrected chi connectivity index (χ2v) is 15.3. The first kappa shape index (κ1) is 39.2. The third kappa shape index (κ3) is 8.42. The van der Waals surface area contributed by atoms with Crippen LogP contribution in [0.4, 0.5) is 20.3 Å². The summed E-state index contributed by atoms with van der Waals surface area (Å²) in [6.45, 7) is 3.16. The lowest BCUT2D eigenvalue weighted by atomic mass is 9.95. The van der Waals surface area contributed by atoms with Crippen molar-refractivity contribution in [2.24, 2.45) is 5.92 Å². The number of anilines is 2. The fraction of sp³-hybridized carbons (Fsp3) is 0.325. The molecule has 1 saturated heterocycles. The number of carbonyl (C=O) groups excluding carboxylic acids is 1. The zero-order chi connectivity index (χ0) is 39.5. The van der Waals surface area contributed by atoms with E-state index in [1.54, 1.807) is 47.4 Å². The van der Waals surface area contributed by atoms with Gasteiger partial charge in [0.15, 0.2) is 5.03 Å². The van der Waals surface area contributed by atoms with E-state index in [9.17, 15) is 22.0 Å². The van der Waals surface area contributed by atoms with Crippen molar-refractivity contribution in [1.29, 1.82) is 0 Å². The van der Waals surface area contributed by atoms with Gasteiger partial charge in [-0.2, -0.15) is 4.31 Å². The maximum Gasteiger partial charge on any atom is 0.261 e. The zero-order valence-electron chi connectivity index (χ0n) is 31.4. The van der Waals surface area contributed by atoms with E-state index in [0.717, 1.165) is 5.56 Å². The number of fused-ring (bicyclic) bond motifs is 1. The van der Waals surface area contributed by atoms with Crippen molar-refractivity contribution in [3.05, 3.63) is 101 Å². The number of alkyl halides is 2. The molecule has 0 saturated carbocycles. The number of hydrogen-bond acceptors (Lipinski definition) is 10. The highest BCUT2D eigenvalue weighted by Crippen LogP contribution is 2.37. The lowest BCUT2D eigenvalue weighted by Gasteiger charge is -2.38. The average Bonchev–Trinajstić information content (AvgIpc) is 3.18. The summed E-state index contributed by atoms with van der Waals surface area (Å²) in [5.41, 5.74) is 3.00. The summed E-state index contributed by atoms with van der Waals surface area (Å²) in [5, 5.41) is 3.17. The van der Waals surface area contributed by atoms with Crippen LogP contribution in [0.2, 0.25) is 0 Å². The van der Waals surface area contributed by atoms with Crippen molar-refractivity contribution in [3.8, 4) is 23.0 Å². The number of aryl methyl sites for hydroxylation is 1. The number of pyridine rings is 2. The third-order valence-corrected chi connectivity index (χ3v) is 11.4. The Morgan fingerprint density at radius 2 is 1.53 bits per heavy atom. The number of benzene rings is 3. The number of aromatic nitrogens is 2. The van der Waals surface area contributed by atoms with Crippen LogP contribution < -0.4 is 29.2 Å². The largest absolute Gasteiger partial charge is 0.497 e. The number of sulfonamides is 1. The number of methoxy groups -OCH3 is 4. The minimum Gasteiger partial charge on any atom is -0.497 e. The highest BCUT2D eigenvalue weighted by atomic mass is 32.2. The van der Waals surface area contributed by atoms with Crippen LogP contribution in [0.15, 0.2) is 84.0 Å². The first-order valence-electron chi connectivity index (χ1n) is 17.5. The Labute approximate surface area is 319 Å². The number of nitrogens with one attached hydrogen (secondary N) is 1. The van der Waals surface area contributed by atoms with Crippen LogP contribution >= 0.6 is 0 Å². The Hall–Kier alpha value is -5.54. The van der Waals surface area contributed by atoms with Gasteiger partial charge in [0, 0.05) is 85.1 Å². The molecule has 0 spiro atoms. The number of amides is 1. The molecule has 5 aromatic rings. The van der Waals surface area contributed by atoms with Gasteiger partial charge >= 0.3 is 0 Å². The van der Waals surface area contributed by atoms with Crippen LogP contribution in [0.3, 0.4) is 0 Å². The molecule has 6 rings (SSSR count). The number of rotatable bonds is 13. The van der Waals surface area contributed by atoms with Crippen molar-refractivity contribution in [2.75, 3.05) is 51.7 Å². The van der Waals surface area contributed by atoms with E-state index in [-0.39, 0.29) is 54.7 Å². The normalized spacial score (nSPS) is 15.5. The molecule has 290 valence electrons. The summed E-state index contributed by atoms with van der Waals surface area (Å²) in [6.07, 6.45) is 0.912. The van der Waals surface area contributed by atoms with Crippen LogP contribution in [-0.2, 0) is 23.1 Å². The maximum atomic E-state index is 14.6. The number of ether oxygens (including phenoxy) is 4. The molecule has 1 aliphatic heterocycles. The fourth-order valence-corrected chi connectivity index (χ4v) is 7.84. The van der Waals surface area contributed by atoms with Crippen molar-refractivity contribution >= 4 is 38.3 Å². The molecule has 1 unspecified atom stereocenters. The second-order valence-electron chi connectivity index (χ2n) is 13.4. The van der Waals surface area contributed by atoms with Crippen LogP contribution in [0, 0.1) is 12.8 Å². The maximum absolute atomic E-state index is 14.6. The van der Waals surface area contributed by atoms with Gasteiger partial charge < -0.3 is 29.2 Å². The molecular weight excluding hydrogens is 733 g/mol. The molecule has 1 amide bonds. The summed E-state index contributed by atoms with van der Waals surface area (Å²) in [5.74, 6) is -2.22. The summed E-state index contributed by atoms with van der Waals surface area (Å²) in [7, 11) is 1.63. The third-order valence-electron chi connectivity index (χ3n) is 9.71. The van der Waals surface area contributed by atoms with E-state index in [4.69, 9.17) is 23.9 Å². The van der Waals surface area contributed by atoms with Crippen LogP contribution in [0.5, 0.6) is 23.0 Å². The lowest BCUT2D eigenvalue weighted by Crippen LogP contribution is -2.46. The molecule has 0 radical (unpaired) electrons. The van der Waals surface area contributed by atoms with Crippen LogP contribution in [-0.4, -0.2) is 76.0 Å². The minimum atomic E-state index is -4.37. The molecule has 1 atom stereocenters. The molecule has 3 heterocycles. The number of piperidine rings is 1. The van der Waals surface area contributed by atoms with Gasteiger partial charge in [0.25, 0.3) is 21.9 Å². The highest BCUT2D eigenvalue weighted by Gasteiger charge is 2.42. The quantitative estimate of drug-likeness (QED) is 0.132. The van der Waals surface area contributed by atoms with Gasteiger partial charge in [-0.1, -0.05) is 31.2 Å². The van der Waals surface area contributed by atoms with E-state index in [1.165, 1.54) is 58.0 Å². The molecular formula is C40H43F2N5O7S. The van der Waals surface area contributed by atoms with Gasteiger partial charge in [-0.15, -0.1) is 0 Å². The number of carbonyl (C=O) groups is 1. The molecule has 0 aliphatic carbocycles. The molecule has 1 N–H and O–H groups in total. The van der Waals surface area contributed by atoms with Gasteiger partial charge in [0.1, 0.15) is 28.8 Å². The SMILES string of the molecule is COc1ccc(CN(Cc2ccc(OC)cc2OC)S(=O)(=O)c2cc(NC(=O)c3cc4ccc(C)cc4nc3N3CCC(F)(F)C(C)C3)ccn2)c(OC)c1. The molecule has 15 heteroatoms. The van der Waals surface area contributed by atoms with Gasteiger partial charge in [-0.25, -0.2) is 27.2 Å². The van der Waals surface area contributed by atoms with E-state index in [0.29, 0.717) is 45.0 Å². The molecule has 3 aromatic carbocycles. The summed E-state index contributed by atoms with van der Waals surface area (Å²) < 4.78 is 81.2. The Kier molecular flexibility index (Phi) is 11.4. The first-order chi connectivity index (χ1) is 26.3. The standard InChI is InChI=1S/C40H43F2N5O7S/c1-25-7-8-27-18-33(38(45-34(27)17-25)46-16-14-40(41,42)26(2)22-46)39(48)44-30-13-15-43-37(19-30)55(49,50)47(23-28-9-11-31(51-3)20-35(28)53-5)24-29-10-12-32(52-4)21-36(29)54-6/h7-13,15,17-21,26H,14,16,22-24H2,1-6H3,(H,43,44,48). The van der Waals surface area contributed by atoms with Crippen LogP contribution in [0.1, 0.15) is 40.4 Å². The number of halogens is 2. The van der Waals surface area contributed by atoms with Gasteiger partial charge in [-0.05, 0) is 42.8 Å². The summed E-state index contributed by atoms with van der Waals surface area (Å²) in [4.78, 5) is 24.8. The number of hydrogen-bond donors (Lipinski definition) is 1. The monoisotopic (exact) mass is 775 g/mol. The Morgan fingerprint density at radius 1 is 0.891 bits per heavy atom. The summed E-state index contributed by atoms with van der Waals surface area (Å²) in [6, 6.07) is 20.2. The van der Waals surface area contributed by atoms with Gasteiger partial charge in [-0.3, -0.25) is 4.79 Å². The second kappa shape index (κ2) is 16.1. The highest BCUT2D eigenvalue weighted by molar-refractivity contribution is 7.89. The smallest absolute Gasteiger partial charge is 0.261 e. The molecule has 2 aromatic heterocycles. The van der Waals surface area contributed by atoms with E-state index in [1.807, 2.05) is 25.1 Å². The average molecular weight is 776 g/mol. The van der Waals surface area contributed by atoms with Crippen LogP contribution in [0.25, 0.3) is 10.9 Å². The molecule has 1 fully saturated rings. The Morgan fingerprint density at radius 3 is 2.11 bits per heavy atom. The van der Waals surface area contributed by atoms with E-state index < -0.39 is 27.8 Å². The van der Waals surface area contributed by atoms with Crippen molar-refractivity contribution in [2.45, 2.75) is 44.3 Å². The molecule has 55 heavy (non-hydrogen) atoms. The first-order valence-corrected chi connectivity index (χ1v) is 18.9. The lowest BCUT2D eigenvalue weighted by molar-refractivity contribution is -0.0652. The molecule has 12 nitrogen and oxygen atoms in total. The van der Waals surface area contributed by atoms with E-state index >= 15 is 0 Å². The predicted octanol–water partition coefficient (Wildman–Crippen LogP) is 7.10. The summed E-state index contributed by atoms with van der Waals surface area (Å²) >= 11 is 0. The number of nitrogens with zero attached hydrogens (tertiary/aromatic N) is 4. The molecule has 0 bridgehead atoms. The predicted molar refractivity (Wildman–Crippen MR) is 205 cm³/mol. The Bertz CT molecular complexity index is 2270. The zero-order valence-corrected chi connectivity index (χ0v) is 32.2. The Balaban J connectivity index is 1.35. The minimum absolute atomic E-state index is 0.00302. The van der Waals surface area contributed by atoms with Crippen molar-refractivity contribution < 1.29 is 40.9 Å². The van der Waals surface area contributed by atoms with E-state index in [2.05, 4.69) is 10.3 Å². The van der Waals surface area contributed by atoms with Crippen molar-refractivity contribution in [1.82, 2.24) is 14.3 Å². The topological polar surface area (TPSA) is 132 Å². The molecule has 1 aliphatic rings. The van der Waals surface area contributed by atoms with Crippen molar-refractivity contribution in [3.63, 3.8) is 0 Å². The van der Waals surface area contributed by atoms with Gasteiger partial charge in [0.05, 0.1) is 39.5 Å². The fourth-order valence-electron chi connectivity index (χ4n) is 6.48.